The fourth-order valence-electron chi connectivity index (χ4n) is 7.96. The van der Waals surface area contributed by atoms with E-state index in [9.17, 15) is 4.79 Å². The van der Waals surface area contributed by atoms with Gasteiger partial charge in [-0.15, -0.1) is 0 Å². The Labute approximate surface area is 148 Å². The molecule has 7 atom stereocenters. The van der Waals surface area contributed by atoms with Crippen molar-refractivity contribution in [2.24, 2.45) is 17.8 Å². The lowest BCUT2D eigenvalue weighted by molar-refractivity contribution is -0.134. The Balaban J connectivity index is 1.53. The van der Waals surface area contributed by atoms with Gasteiger partial charge in [-0.2, -0.15) is 0 Å². The summed E-state index contributed by atoms with van der Waals surface area (Å²) in [6.07, 6.45) is 4.46. The van der Waals surface area contributed by atoms with E-state index in [4.69, 9.17) is 4.74 Å². The molecule has 0 unspecified atom stereocenters. The minimum absolute atomic E-state index is 0.156. The Morgan fingerprint density at radius 2 is 2.16 bits per heavy atom. The summed E-state index contributed by atoms with van der Waals surface area (Å²) in [7, 11) is 0. The number of nitrogens with zero attached hydrogens (tertiary/aromatic N) is 2. The fraction of sp³-hybridized carbons (Fsp3) is 0.667. The number of amides is 1. The minimum Gasteiger partial charge on any atom is -0.377 e. The van der Waals surface area contributed by atoms with Crippen LogP contribution in [0, 0.1) is 17.8 Å². The van der Waals surface area contributed by atoms with E-state index in [-0.39, 0.29) is 11.5 Å². The quantitative estimate of drug-likeness (QED) is 0.728. The molecule has 1 aromatic rings. The standard InChI is InChI=1S/C21H24N2O2/c24-18-10-16-19-13-9-17-21(6-7-22(17)11-12(13)5-8-25-16)14-3-1-2-4-15(14)23(18)20(19)21/h1-4,12-13,16-17,19-20H,5-11H2/t12-,13-,16+,17-,19-,20+,21-/m1/s1. The van der Waals surface area contributed by atoms with Gasteiger partial charge >= 0.3 is 0 Å². The van der Waals surface area contributed by atoms with Gasteiger partial charge in [0.15, 0.2) is 0 Å². The van der Waals surface area contributed by atoms with Gasteiger partial charge in [-0.05, 0) is 49.3 Å². The van der Waals surface area contributed by atoms with Crippen molar-refractivity contribution in [3.8, 4) is 0 Å². The average molecular weight is 336 g/mol. The smallest absolute Gasteiger partial charge is 0.229 e. The van der Waals surface area contributed by atoms with Gasteiger partial charge in [-0.1, -0.05) is 18.2 Å². The van der Waals surface area contributed by atoms with E-state index in [1.807, 2.05) is 0 Å². The third-order valence-electron chi connectivity index (χ3n) is 8.64. The molecule has 4 nitrogen and oxygen atoms in total. The second-order valence-corrected chi connectivity index (χ2v) is 9.17. The van der Waals surface area contributed by atoms with Crippen molar-refractivity contribution in [3.05, 3.63) is 29.8 Å². The molecule has 130 valence electrons. The summed E-state index contributed by atoms with van der Waals surface area (Å²) in [6, 6.07) is 9.78. The Bertz CT molecular complexity index is 794. The SMILES string of the molecule is O=C1C[C@@H]2OCC[C@@H]3CN4CC[C@]56c7ccccc7N1[C@H]5[C@@H]2[C@@H]3C[C@@H]46. The summed E-state index contributed by atoms with van der Waals surface area (Å²) >= 11 is 0. The number of anilines is 1. The highest BCUT2D eigenvalue weighted by Crippen LogP contribution is 2.66. The zero-order chi connectivity index (χ0) is 16.3. The van der Waals surface area contributed by atoms with Gasteiger partial charge in [-0.3, -0.25) is 9.69 Å². The molecule has 5 heterocycles. The van der Waals surface area contributed by atoms with Crippen LogP contribution in [0.1, 0.15) is 31.2 Å². The summed E-state index contributed by atoms with van der Waals surface area (Å²) in [4.78, 5) is 18.2. The van der Waals surface area contributed by atoms with E-state index in [0.717, 1.165) is 18.4 Å². The van der Waals surface area contributed by atoms with Crippen LogP contribution in [0.15, 0.2) is 24.3 Å². The van der Waals surface area contributed by atoms with Crippen molar-refractivity contribution in [1.29, 1.82) is 0 Å². The maximum atomic E-state index is 13.2. The number of piperidine rings is 2. The second-order valence-electron chi connectivity index (χ2n) is 9.17. The Morgan fingerprint density at radius 1 is 1.24 bits per heavy atom. The summed E-state index contributed by atoms with van der Waals surface area (Å²) < 4.78 is 6.33. The van der Waals surface area contributed by atoms with Crippen LogP contribution in [-0.2, 0) is 14.9 Å². The number of ether oxygens (including phenoxy) is 1. The molecule has 6 aliphatic rings. The molecule has 0 N–H and O–H groups in total. The van der Waals surface area contributed by atoms with Crippen molar-refractivity contribution in [1.82, 2.24) is 4.90 Å². The van der Waals surface area contributed by atoms with Crippen molar-refractivity contribution in [3.63, 3.8) is 0 Å². The number of para-hydroxylation sites is 1. The number of rotatable bonds is 0. The molecule has 5 fully saturated rings. The molecule has 1 spiro atoms. The molecule has 1 aliphatic carbocycles. The molecule has 0 aromatic heterocycles. The Morgan fingerprint density at radius 3 is 3.12 bits per heavy atom. The van der Waals surface area contributed by atoms with Gasteiger partial charge in [0.1, 0.15) is 0 Å². The first-order chi connectivity index (χ1) is 12.3. The number of benzene rings is 1. The predicted molar refractivity (Wildman–Crippen MR) is 93.4 cm³/mol. The van der Waals surface area contributed by atoms with Crippen LogP contribution in [-0.4, -0.2) is 48.7 Å². The van der Waals surface area contributed by atoms with Crippen LogP contribution < -0.4 is 4.90 Å². The molecule has 0 radical (unpaired) electrons. The third-order valence-corrected chi connectivity index (χ3v) is 8.64. The van der Waals surface area contributed by atoms with Crippen LogP contribution in [0.3, 0.4) is 0 Å². The molecule has 5 aliphatic heterocycles. The molecule has 1 aromatic carbocycles. The molecular weight excluding hydrogens is 312 g/mol. The lowest BCUT2D eigenvalue weighted by atomic mass is 9.52. The highest BCUT2D eigenvalue weighted by Gasteiger charge is 2.71. The molecule has 1 saturated carbocycles. The normalized spacial score (nSPS) is 49.1. The molecule has 25 heavy (non-hydrogen) atoms. The van der Waals surface area contributed by atoms with E-state index >= 15 is 0 Å². The molecule has 4 heteroatoms. The van der Waals surface area contributed by atoms with Crippen molar-refractivity contribution in [2.45, 2.75) is 49.3 Å². The third kappa shape index (κ3) is 1.37. The largest absolute Gasteiger partial charge is 0.377 e. The number of hydrogen-bond acceptors (Lipinski definition) is 3. The summed E-state index contributed by atoms with van der Waals surface area (Å²) in [6.45, 7) is 3.31. The summed E-state index contributed by atoms with van der Waals surface area (Å²) in [5.41, 5.74) is 2.83. The van der Waals surface area contributed by atoms with Crippen LogP contribution in [0.5, 0.6) is 0 Å². The van der Waals surface area contributed by atoms with E-state index in [1.54, 1.807) is 0 Å². The number of hydrogen-bond donors (Lipinski definition) is 0. The average Bonchev–Trinajstić information content (AvgIpc) is 3.10. The van der Waals surface area contributed by atoms with Gasteiger partial charge in [0, 0.05) is 36.2 Å². The van der Waals surface area contributed by atoms with E-state index in [0.29, 0.717) is 30.3 Å². The maximum absolute atomic E-state index is 13.2. The Kier molecular flexibility index (Phi) is 2.36. The second kappa shape index (κ2) is 4.29. The van der Waals surface area contributed by atoms with Crippen LogP contribution >= 0.6 is 0 Å². The van der Waals surface area contributed by atoms with E-state index in [1.165, 1.54) is 43.6 Å². The lowest BCUT2D eigenvalue weighted by Crippen LogP contribution is -2.70. The van der Waals surface area contributed by atoms with Crippen molar-refractivity contribution in [2.75, 3.05) is 24.6 Å². The molecule has 1 amide bonds. The predicted octanol–water partition coefficient (Wildman–Crippen LogP) is 2.17. The highest BCUT2D eigenvalue weighted by molar-refractivity contribution is 5.99. The maximum Gasteiger partial charge on any atom is 0.229 e. The van der Waals surface area contributed by atoms with Gasteiger partial charge in [0.05, 0.1) is 18.6 Å². The lowest BCUT2D eigenvalue weighted by Gasteiger charge is -2.59. The highest BCUT2D eigenvalue weighted by atomic mass is 16.5. The number of carbonyl (C=O) groups excluding carboxylic acids is 1. The number of fused-ring (bicyclic) bond motifs is 2. The topological polar surface area (TPSA) is 32.8 Å². The van der Waals surface area contributed by atoms with Crippen molar-refractivity contribution >= 4 is 11.6 Å². The first kappa shape index (κ1) is 13.8. The first-order valence-electron chi connectivity index (χ1n) is 10.1. The minimum atomic E-state index is 0.156. The van der Waals surface area contributed by atoms with Gasteiger partial charge in [0.2, 0.25) is 5.91 Å². The van der Waals surface area contributed by atoms with Gasteiger partial charge in [-0.25, -0.2) is 0 Å². The van der Waals surface area contributed by atoms with Gasteiger partial charge < -0.3 is 9.64 Å². The molecular formula is C21H24N2O2. The molecule has 2 bridgehead atoms. The van der Waals surface area contributed by atoms with Crippen LogP contribution in [0.25, 0.3) is 0 Å². The number of carbonyl (C=O) groups is 1. The van der Waals surface area contributed by atoms with Crippen LogP contribution in [0.2, 0.25) is 0 Å². The zero-order valence-electron chi connectivity index (χ0n) is 14.4. The Hall–Kier alpha value is -1.39. The summed E-state index contributed by atoms with van der Waals surface area (Å²) in [5, 5.41) is 0. The van der Waals surface area contributed by atoms with E-state index < -0.39 is 0 Å². The fourth-order valence-corrected chi connectivity index (χ4v) is 7.96. The molecule has 7 rings (SSSR count). The van der Waals surface area contributed by atoms with Crippen LogP contribution in [0.4, 0.5) is 5.69 Å². The monoisotopic (exact) mass is 336 g/mol. The summed E-state index contributed by atoms with van der Waals surface area (Å²) in [5.74, 6) is 2.34. The first-order valence-corrected chi connectivity index (χ1v) is 10.1. The van der Waals surface area contributed by atoms with E-state index in [2.05, 4.69) is 34.1 Å². The molecule has 4 saturated heterocycles. The van der Waals surface area contributed by atoms with Crippen molar-refractivity contribution < 1.29 is 9.53 Å². The van der Waals surface area contributed by atoms with Gasteiger partial charge in [0.25, 0.3) is 0 Å². The zero-order valence-corrected chi connectivity index (χ0v) is 14.4.